The van der Waals surface area contributed by atoms with E-state index in [2.05, 4.69) is 27.2 Å². The molecular weight excluding hydrogens is 294 g/mol. The van der Waals surface area contributed by atoms with Crippen molar-refractivity contribution in [2.75, 3.05) is 0 Å². The van der Waals surface area contributed by atoms with Gasteiger partial charge >= 0.3 is 0 Å². The summed E-state index contributed by atoms with van der Waals surface area (Å²) in [5, 5.41) is 1.80. The van der Waals surface area contributed by atoms with Crippen LogP contribution in [-0.4, -0.2) is 15.1 Å². The van der Waals surface area contributed by atoms with Gasteiger partial charge in [-0.2, -0.15) is 13.8 Å². The summed E-state index contributed by atoms with van der Waals surface area (Å²) in [6.45, 7) is 1.19. The molecule has 0 spiro atoms. The standard InChI is InChI=1S/C12H5F4N3S/c1-5-6(13)2-8(18-11(5)15)9-3-7(14)10(17-4-20)12(16)19-9/h2-3H,1H3. The van der Waals surface area contributed by atoms with Gasteiger partial charge in [0.15, 0.2) is 11.5 Å². The number of pyridine rings is 2. The maximum absolute atomic E-state index is 13.6. The first-order valence-corrected chi connectivity index (χ1v) is 5.61. The van der Waals surface area contributed by atoms with E-state index in [0.29, 0.717) is 0 Å². The number of aliphatic imine (C=N–C) groups is 1. The summed E-state index contributed by atoms with van der Waals surface area (Å²) in [7, 11) is 0. The second-order valence-corrected chi connectivity index (χ2v) is 3.92. The van der Waals surface area contributed by atoms with Gasteiger partial charge in [0.25, 0.3) is 0 Å². The normalized spacial score (nSPS) is 10.2. The highest BCUT2D eigenvalue weighted by Crippen LogP contribution is 2.26. The van der Waals surface area contributed by atoms with E-state index < -0.39 is 29.2 Å². The number of nitrogens with zero attached hydrogens (tertiary/aromatic N) is 3. The van der Waals surface area contributed by atoms with Crippen LogP contribution in [0.4, 0.5) is 23.2 Å². The van der Waals surface area contributed by atoms with Crippen molar-refractivity contribution in [2.45, 2.75) is 6.92 Å². The van der Waals surface area contributed by atoms with Crippen molar-refractivity contribution in [1.82, 2.24) is 9.97 Å². The molecule has 0 saturated heterocycles. The van der Waals surface area contributed by atoms with Crippen LogP contribution in [0, 0.1) is 30.5 Å². The number of hydrogen-bond donors (Lipinski definition) is 0. The van der Waals surface area contributed by atoms with Gasteiger partial charge in [-0.05, 0) is 19.1 Å². The number of aromatic nitrogens is 2. The SMILES string of the molecule is Cc1c(F)cc(-c2cc(F)c(N=C=S)c(F)n2)nc1F. The van der Waals surface area contributed by atoms with Gasteiger partial charge in [0.2, 0.25) is 11.9 Å². The molecule has 20 heavy (non-hydrogen) atoms. The monoisotopic (exact) mass is 299 g/mol. The highest BCUT2D eigenvalue weighted by atomic mass is 32.1. The summed E-state index contributed by atoms with van der Waals surface area (Å²) < 4.78 is 53.8. The van der Waals surface area contributed by atoms with Crippen molar-refractivity contribution in [3.63, 3.8) is 0 Å². The van der Waals surface area contributed by atoms with E-state index in [0.717, 1.165) is 12.1 Å². The van der Waals surface area contributed by atoms with Gasteiger partial charge in [0.1, 0.15) is 5.82 Å². The fraction of sp³-hybridized carbons (Fsp3) is 0.0833. The molecule has 102 valence electrons. The van der Waals surface area contributed by atoms with Crippen molar-refractivity contribution in [3.8, 4) is 11.4 Å². The Morgan fingerprint density at radius 2 is 1.55 bits per heavy atom. The number of thiocarbonyl (C=S) groups is 1. The van der Waals surface area contributed by atoms with Crippen molar-refractivity contribution >= 4 is 23.1 Å². The summed E-state index contributed by atoms with van der Waals surface area (Å²) in [6.07, 6.45) is 0. The van der Waals surface area contributed by atoms with Gasteiger partial charge in [0.05, 0.1) is 16.5 Å². The Morgan fingerprint density at radius 1 is 1.00 bits per heavy atom. The molecule has 0 radical (unpaired) electrons. The molecular formula is C12H5F4N3S. The van der Waals surface area contributed by atoms with Crippen LogP contribution in [-0.2, 0) is 0 Å². The Kier molecular flexibility index (Phi) is 3.87. The molecule has 0 unspecified atom stereocenters. The Morgan fingerprint density at radius 3 is 2.05 bits per heavy atom. The van der Waals surface area contributed by atoms with E-state index in [1.165, 1.54) is 6.92 Å². The minimum absolute atomic E-state index is 0.295. The van der Waals surface area contributed by atoms with Crippen LogP contribution in [0.5, 0.6) is 0 Å². The zero-order valence-corrected chi connectivity index (χ0v) is 10.7. The largest absolute Gasteiger partial charge is 0.243 e. The van der Waals surface area contributed by atoms with Gasteiger partial charge in [-0.3, -0.25) is 0 Å². The lowest BCUT2D eigenvalue weighted by Gasteiger charge is -2.05. The maximum Gasteiger partial charge on any atom is 0.243 e. The van der Waals surface area contributed by atoms with Crippen LogP contribution in [0.15, 0.2) is 17.1 Å². The number of halogens is 4. The highest BCUT2D eigenvalue weighted by molar-refractivity contribution is 7.78. The molecule has 2 aromatic rings. The molecule has 0 aromatic carbocycles. The van der Waals surface area contributed by atoms with E-state index in [9.17, 15) is 17.6 Å². The molecule has 0 aliphatic rings. The zero-order chi connectivity index (χ0) is 14.9. The van der Waals surface area contributed by atoms with Crippen LogP contribution >= 0.6 is 12.2 Å². The van der Waals surface area contributed by atoms with Crippen LogP contribution < -0.4 is 0 Å². The zero-order valence-electron chi connectivity index (χ0n) is 9.92. The molecule has 8 heteroatoms. The van der Waals surface area contributed by atoms with E-state index in [1.54, 1.807) is 5.16 Å². The van der Waals surface area contributed by atoms with Gasteiger partial charge in [-0.15, -0.1) is 0 Å². The van der Waals surface area contributed by atoms with Crippen molar-refractivity contribution in [3.05, 3.63) is 41.2 Å². The van der Waals surface area contributed by atoms with E-state index in [-0.39, 0.29) is 17.0 Å². The molecule has 0 amide bonds. The smallest absolute Gasteiger partial charge is 0.218 e. The summed E-state index contributed by atoms with van der Waals surface area (Å²) in [5.74, 6) is -4.34. The first kappa shape index (κ1) is 14.2. The van der Waals surface area contributed by atoms with Crippen LogP contribution in [0.25, 0.3) is 11.4 Å². The molecule has 2 aromatic heterocycles. The van der Waals surface area contributed by atoms with Gasteiger partial charge in [-0.25, -0.2) is 18.7 Å². The average molecular weight is 299 g/mol. The Labute approximate surface area is 116 Å². The summed E-state index contributed by atoms with van der Waals surface area (Å²) in [4.78, 5) is 9.92. The lowest BCUT2D eigenvalue weighted by molar-refractivity contribution is 0.536. The molecule has 0 aliphatic carbocycles. The third-order valence-corrected chi connectivity index (χ3v) is 2.56. The summed E-state index contributed by atoms with van der Waals surface area (Å²) in [6, 6.07) is 1.59. The fourth-order valence-corrected chi connectivity index (χ4v) is 1.53. The molecule has 2 rings (SSSR count). The van der Waals surface area contributed by atoms with Crippen LogP contribution in [0.2, 0.25) is 0 Å². The Hall–Kier alpha value is -2.18. The molecule has 3 nitrogen and oxygen atoms in total. The van der Waals surface area contributed by atoms with E-state index in [4.69, 9.17) is 0 Å². The number of isothiocyanates is 1. The molecule has 0 fully saturated rings. The van der Waals surface area contributed by atoms with Crippen LogP contribution in [0.3, 0.4) is 0 Å². The first-order chi connectivity index (χ1) is 9.43. The molecule has 0 saturated carbocycles. The Balaban J connectivity index is 2.63. The predicted octanol–water partition coefficient (Wildman–Crippen LogP) is 3.74. The number of hydrogen-bond acceptors (Lipinski definition) is 4. The quantitative estimate of drug-likeness (QED) is 0.367. The van der Waals surface area contributed by atoms with Crippen molar-refractivity contribution in [1.29, 1.82) is 0 Å². The van der Waals surface area contributed by atoms with E-state index in [1.807, 2.05) is 0 Å². The Bertz CT molecular complexity index is 695. The highest BCUT2D eigenvalue weighted by Gasteiger charge is 2.16. The second-order valence-electron chi connectivity index (χ2n) is 3.74. The molecule has 2 heterocycles. The lowest BCUT2D eigenvalue weighted by Crippen LogP contribution is -1.99. The van der Waals surface area contributed by atoms with Crippen LogP contribution in [0.1, 0.15) is 5.56 Å². The topological polar surface area (TPSA) is 38.1 Å². The molecule has 0 atom stereocenters. The molecule has 0 aliphatic heterocycles. The second kappa shape index (κ2) is 5.44. The first-order valence-electron chi connectivity index (χ1n) is 5.21. The minimum Gasteiger partial charge on any atom is -0.218 e. The van der Waals surface area contributed by atoms with E-state index >= 15 is 0 Å². The summed E-state index contributed by atoms with van der Waals surface area (Å²) >= 11 is 4.24. The van der Waals surface area contributed by atoms with Crippen molar-refractivity contribution < 1.29 is 17.6 Å². The van der Waals surface area contributed by atoms with Gasteiger partial charge in [-0.1, -0.05) is 0 Å². The van der Waals surface area contributed by atoms with Gasteiger partial charge in [0, 0.05) is 17.7 Å². The van der Waals surface area contributed by atoms with Crippen molar-refractivity contribution in [2.24, 2.45) is 4.99 Å². The lowest BCUT2D eigenvalue weighted by atomic mass is 10.2. The predicted molar refractivity (Wildman–Crippen MR) is 66.7 cm³/mol. The molecule has 0 bridgehead atoms. The minimum atomic E-state index is -1.28. The summed E-state index contributed by atoms with van der Waals surface area (Å²) in [5.41, 5.74) is -1.71. The fourth-order valence-electron chi connectivity index (χ4n) is 1.43. The van der Waals surface area contributed by atoms with Gasteiger partial charge < -0.3 is 0 Å². The third kappa shape index (κ3) is 2.56. The molecule has 0 N–H and O–H groups in total. The third-order valence-electron chi connectivity index (χ3n) is 2.47. The maximum atomic E-state index is 13.6. The average Bonchev–Trinajstić information content (AvgIpc) is 2.39. The number of rotatable bonds is 2.